The van der Waals surface area contributed by atoms with E-state index in [0.717, 1.165) is 25.2 Å². The van der Waals surface area contributed by atoms with Gasteiger partial charge in [-0.25, -0.2) is 0 Å². The number of hydrogen-bond acceptors (Lipinski definition) is 6. The van der Waals surface area contributed by atoms with Crippen LogP contribution in [-0.4, -0.2) is 66.9 Å². The zero-order valence-corrected chi connectivity index (χ0v) is 24.6. The van der Waals surface area contributed by atoms with Gasteiger partial charge in [0.2, 0.25) is 17.7 Å². The highest BCUT2D eigenvalue weighted by molar-refractivity contribution is 5.99. The summed E-state index contributed by atoms with van der Waals surface area (Å²) in [6.07, 6.45) is 2.74. The third-order valence-corrected chi connectivity index (χ3v) is 7.75. The molecular weight excluding hydrogens is 534 g/mol. The van der Waals surface area contributed by atoms with Crippen molar-refractivity contribution in [1.29, 1.82) is 0 Å². The lowest BCUT2D eigenvalue weighted by Crippen LogP contribution is -2.47. The maximum Gasteiger partial charge on any atom is 0.255 e. The van der Waals surface area contributed by atoms with Crippen LogP contribution in [0, 0.1) is 5.92 Å². The first-order valence-corrected chi connectivity index (χ1v) is 14.9. The fourth-order valence-electron chi connectivity index (χ4n) is 5.10. The van der Waals surface area contributed by atoms with E-state index in [1.807, 2.05) is 26.0 Å². The van der Waals surface area contributed by atoms with E-state index in [1.54, 1.807) is 24.3 Å². The van der Waals surface area contributed by atoms with Gasteiger partial charge in [-0.2, -0.15) is 0 Å². The smallest absolute Gasteiger partial charge is 0.255 e. The van der Waals surface area contributed by atoms with Gasteiger partial charge in [-0.1, -0.05) is 50.2 Å². The molecule has 10 heteroatoms. The van der Waals surface area contributed by atoms with Crippen LogP contribution < -0.4 is 26.0 Å². The topological polar surface area (TPSA) is 129 Å². The molecule has 4 amide bonds. The van der Waals surface area contributed by atoms with Crippen LogP contribution in [0.4, 0.5) is 0 Å². The van der Waals surface area contributed by atoms with Crippen molar-refractivity contribution < 1.29 is 23.9 Å². The van der Waals surface area contributed by atoms with Crippen LogP contribution in [0.2, 0.25) is 0 Å². The molecule has 4 N–H and O–H groups in total. The fraction of sp³-hybridized carbons (Fsp3) is 0.500. The van der Waals surface area contributed by atoms with E-state index in [9.17, 15) is 19.2 Å². The number of fused-ring (bicyclic) bond motifs is 1. The number of benzene rings is 2. The molecule has 0 radical (unpaired) electrons. The molecule has 2 aliphatic rings. The Morgan fingerprint density at radius 1 is 0.952 bits per heavy atom. The molecule has 226 valence electrons. The van der Waals surface area contributed by atoms with E-state index in [4.69, 9.17) is 4.74 Å². The molecule has 2 atom stereocenters. The summed E-state index contributed by atoms with van der Waals surface area (Å²) < 4.78 is 6.00. The van der Waals surface area contributed by atoms with Gasteiger partial charge >= 0.3 is 0 Å². The summed E-state index contributed by atoms with van der Waals surface area (Å²) in [4.78, 5) is 54.1. The van der Waals surface area contributed by atoms with Crippen LogP contribution in [0.1, 0.15) is 67.4 Å². The number of likely N-dealkylation sites (tertiary alicyclic amines) is 1. The van der Waals surface area contributed by atoms with Crippen molar-refractivity contribution >= 4 is 23.6 Å². The van der Waals surface area contributed by atoms with E-state index in [-0.39, 0.29) is 67.7 Å². The summed E-state index contributed by atoms with van der Waals surface area (Å²) in [5, 5.41) is 11.4. The van der Waals surface area contributed by atoms with Crippen LogP contribution in [-0.2, 0) is 27.5 Å². The molecular formula is C32H43N5O5. The van der Waals surface area contributed by atoms with E-state index in [1.165, 1.54) is 18.4 Å². The summed E-state index contributed by atoms with van der Waals surface area (Å²) in [5.74, 6) is -0.909. The maximum atomic E-state index is 13.4. The lowest BCUT2D eigenvalue weighted by Gasteiger charge is -2.24. The molecule has 2 aromatic carbocycles. The third kappa shape index (κ3) is 9.30. The number of ether oxygens (including phenoxy) is 1. The standard InChI is InChI=1S/C32H43N5O5/c1-22(2)27-21-42-28-8-4-3-7-25(28)31(40)36-26(13-14-29(38)33-16-15-30(39)35-27)32(41)34-19-23-9-11-24(12-10-23)20-37-17-5-6-18-37/h3-4,7-12,22,26-27H,5-6,13-21H2,1-2H3,(H,33,38)(H,34,41)(H,35,39)(H,36,40)/t26-,27-/m0/s1. The highest BCUT2D eigenvalue weighted by Crippen LogP contribution is 2.20. The summed E-state index contributed by atoms with van der Waals surface area (Å²) in [5.41, 5.74) is 2.46. The molecule has 0 bridgehead atoms. The monoisotopic (exact) mass is 577 g/mol. The Hall–Kier alpha value is -3.92. The Morgan fingerprint density at radius 2 is 1.67 bits per heavy atom. The molecule has 42 heavy (non-hydrogen) atoms. The molecule has 0 saturated carbocycles. The van der Waals surface area contributed by atoms with Gasteiger partial charge in [0.25, 0.3) is 5.91 Å². The highest BCUT2D eigenvalue weighted by atomic mass is 16.5. The average molecular weight is 578 g/mol. The van der Waals surface area contributed by atoms with Crippen molar-refractivity contribution in [3.8, 4) is 5.75 Å². The van der Waals surface area contributed by atoms with Gasteiger partial charge in [0.15, 0.2) is 0 Å². The molecule has 1 fully saturated rings. The molecule has 2 aromatic rings. The minimum Gasteiger partial charge on any atom is -0.491 e. The molecule has 0 unspecified atom stereocenters. The number of nitrogens with zero attached hydrogens (tertiary/aromatic N) is 1. The first kappa shape index (κ1) is 31.0. The Kier molecular flexibility index (Phi) is 11.3. The minimum atomic E-state index is -0.939. The fourth-order valence-corrected chi connectivity index (χ4v) is 5.10. The zero-order valence-electron chi connectivity index (χ0n) is 24.6. The Morgan fingerprint density at radius 3 is 2.40 bits per heavy atom. The number of amides is 4. The van der Waals surface area contributed by atoms with Gasteiger partial charge < -0.3 is 26.0 Å². The number of rotatable bonds is 6. The second-order valence-corrected chi connectivity index (χ2v) is 11.4. The van der Waals surface area contributed by atoms with Gasteiger partial charge in [-0.15, -0.1) is 0 Å². The van der Waals surface area contributed by atoms with Crippen molar-refractivity contribution in [1.82, 2.24) is 26.2 Å². The number of para-hydroxylation sites is 1. The van der Waals surface area contributed by atoms with Gasteiger partial charge in [-0.05, 0) is 61.5 Å². The molecule has 1 saturated heterocycles. The molecule has 2 aliphatic heterocycles. The van der Waals surface area contributed by atoms with Crippen molar-refractivity contribution in [2.45, 2.75) is 71.1 Å². The van der Waals surface area contributed by atoms with Gasteiger partial charge in [0, 0.05) is 32.5 Å². The second kappa shape index (κ2) is 15.3. The molecule has 0 aliphatic carbocycles. The van der Waals surface area contributed by atoms with Crippen LogP contribution >= 0.6 is 0 Å². The number of nitrogens with one attached hydrogen (secondary N) is 4. The van der Waals surface area contributed by atoms with Crippen molar-refractivity contribution in [3.05, 3.63) is 65.2 Å². The SMILES string of the molecule is CC(C)[C@@H]1COc2ccccc2C(=O)N[C@H](C(=O)NCc2ccc(CN3CCCC3)cc2)CCC(=O)NCCC(=O)N1. The summed E-state index contributed by atoms with van der Waals surface area (Å²) in [6, 6.07) is 13.7. The minimum absolute atomic E-state index is 0.0119. The van der Waals surface area contributed by atoms with Gasteiger partial charge in [-0.3, -0.25) is 24.1 Å². The predicted octanol–water partition coefficient (Wildman–Crippen LogP) is 2.52. The first-order chi connectivity index (χ1) is 20.3. The van der Waals surface area contributed by atoms with E-state index >= 15 is 0 Å². The lowest BCUT2D eigenvalue weighted by molar-refractivity contribution is -0.124. The quantitative estimate of drug-likeness (QED) is 0.418. The number of carbonyl (C=O) groups is 4. The Balaban J connectivity index is 1.44. The molecule has 0 aromatic heterocycles. The molecule has 10 nitrogen and oxygen atoms in total. The van der Waals surface area contributed by atoms with Gasteiger partial charge in [0.05, 0.1) is 11.6 Å². The summed E-state index contributed by atoms with van der Waals surface area (Å²) in [6.45, 7) is 7.78. The average Bonchev–Trinajstić information content (AvgIpc) is 3.49. The van der Waals surface area contributed by atoms with Crippen LogP contribution in [0.3, 0.4) is 0 Å². The number of carbonyl (C=O) groups excluding carboxylic acids is 4. The van der Waals surface area contributed by atoms with E-state index in [2.05, 4.69) is 38.3 Å². The lowest BCUT2D eigenvalue weighted by atomic mass is 10.0. The molecule has 4 rings (SSSR count). The Bertz CT molecular complexity index is 1230. The third-order valence-electron chi connectivity index (χ3n) is 7.75. The van der Waals surface area contributed by atoms with Crippen molar-refractivity contribution in [3.63, 3.8) is 0 Å². The highest BCUT2D eigenvalue weighted by Gasteiger charge is 2.25. The van der Waals surface area contributed by atoms with Crippen molar-refractivity contribution in [2.24, 2.45) is 5.92 Å². The van der Waals surface area contributed by atoms with E-state index < -0.39 is 11.9 Å². The van der Waals surface area contributed by atoms with E-state index in [0.29, 0.717) is 12.3 Å². The second-order valence-electron chi connectivity index (χ2n) is 11.4. The normalized spacial score (nSPS) is 21.1. The van der Waals surface area contributed by atoms with Crippen molar-refractivity contribution in [2.75, 3.05) is 26.2 Å². The maximum absolute atomic E-state index is 13.4. The first-order valence-electron chi connectivity index (χ1n) is 14.9. The molecule has 2 heterocycles. The zero-order chi connectivity index (χ0) is 29.9. The largest absolute Gasteiger partial charge is 0.491 e. The number of hydrogen-bond donors (Lipinski definition) is 4. The molecule has 0 spiro atoms. The summed E-state index contributed by atoms with van der Waals surface area (Å²) in [7, 11) is 0. The van der Waals surface area contributed by atoms with Crippen LogP contribution in [0.25, 0.3) is 0 Å². The predicted molar refractivity (Wildman–Crippen MR) is 160 cm³/mol. The Labute approximate surface area is 247 Å². The van der Waals surface area contributed by atoms with Crippen LogP contribution in [0.5, 0.6) is 5.75 Å². The summed E-state index contributed by atoms with van der Waals surface area (Å²) >= 11 is 0. The van der Waals surface area contributed by atoms with Crippen LogP contribution in [0.15, 0.2) is 48.5 Å². The van der Waals surface area contributed by atoms with Gasteiger partial charge in [0.1, 0.15) is 18.4 Å².